The van der Waals surface area contributed by atoms with Gasteiger partial charge in [-0.3, -0.25) is 0 Å². The summed E-state index contributed by atoms with van der Waals surface area (Å²) in [6.45, 7) is 13.4. The minimum absolute atomic E-state index is 0.380. The predicted molar refractivity (Wildman–Crippen MR) is 61.1 cm³/mol. The van der Waals surface area contributed by atoms with Crippen LogP contribution in [-0.4, -0.2) is 40.0 Å². The van der Waals surface area contributed by atoms with Gasteiger partial charge >= 0.3 is 26.2 Å². The maximum atomic E-state index is 2.23. The summed E-state index contributed by atoms with van der Waals surface area (Å²) in [6, 6.07) is 0. The summed E-state index contributed by atoms with van der Waals surface area (Å²) >= 11 is 1.62. The molecular weight excluding hydrogens is 217 g/mol. The van der Waals surface area contributed by atoms with Crippen molar-refractivity contribution in [2.45, 2.75) is 11.8 Å². The fourth-order valence-corrected chi connectivity index (χ4v) is 0. The van der Waals surface area contributed by atoms with Crippen molar-refractivity contribution in [3.63, 3.8) is 0 Å². The molecule has 0 atom stereocenters. The van der Waals surface area contributed by atoms with E-state index in [1.165, 1.54) is 0 Å². The van der Waals surface area contributed by atoms with Crippen molar-refractivity contribution in [1.29, 1.82) is 0 Å². The van der Waals surface area contributed by atoms with Crippen molar-refractivity contribution in [2.75, 3.05) is 40.0 Å². The molecule has 0 aromatic carbocycles. The molecule has 0 heterocycles. The van der Waals surface area contributed by atoms with Gasteiger partial charge in [-0.25, -0.2) is 0 Å². The molecule has 0 aliphatic carbocycles. The number of hydrogen-bond donors (Lipinski definition) is 0. The molecule has 0 spiro atoms. The van der Waals surface area contributed by atoms with Gasteiger partial charge < -0.3 is 0 Å². The zero-order valence-electron chi connectivity index (χ0n) is 9.21. The second-order valence-electron chi connectivity index (χ2n) is 3.00. The standard InChI is InChI=1S/2C3H9P.2CH3.Ni/c2*1-4(2)3;;;/h2*1-3H3;2*1H3;. The third kappa shape index (κ3) is 542. The van der Waals surface area contributed by atoms with E-state index < -0.39 is 0 Å². The Balaban J connectivity index is -0.0000000886. The van der Waals surface area contributed by atoms with Gasteiger partial charge in [-0.1, -0.05) is 0 Å². The third-order valence-electron chi connectivity index (χ3n) is 0. The molecule has 0 saturated carbocycles. The van der Waals surface area contributed by atoms with Crippen LogP contribution in [0.15, 0.2) is 0 Å². The minimum atomic E-state index is 0.380. The van der Waals surface area contributed by atoms with E-state index in [-0.39, 0.29) is 0 Å². The molecule has 0 aliphatic heterocycles. The summed E-state index contributed by atoms with van der Waals surface area (Å²) in [4.78, 5) is 0. The molecule has 0 rings (SSSR count). The van der Waals surface area contributed by atoms with Crippen LogP contribution in [0.5, 0.6) is 0 Å². The maximum absolute atomic E-state index is 2.23. The molecule has 76 valence electrons. The predicted octanol–water partition coefficient (Wildman–Crippen LogP) is 3.88. The van der Waals surface area contributed by atoms with Crippen LogP contribution in [0.3, 0.4) is 0 Å². The SMILES string of the molecule is CP(C)C.CP(C)C.[CH3][Ni][CH3]. The molecule has 0 radical (unpaired) electrons. The van der Waals surface area contributed by atoms with Gasteiger partial charge in [-0.2, -0.15) is 0 Å². The third-order valence-corrected chi connectivity index (χ3v) is 0. The summed E-state index contributed by atoms with van der Waals surface area (Å²) in [5.74, 6) is 4.12. The van der Waals surface area contributed by atoms with Crippen LogP contribution >= 0.6 is 15.8 Å². The molecule has 0 nitrogen and oxygen atoms in total. The molecule has 0 aromatic rings. The molecule has 0 N–H and O–H groups in total. The van der Waals surface area contributed by atoms with Crippen molar-refractivity contribution in [1.82, 2.24) is 0 Å². The fraction of sp³-hybridized carbons (Fsp3) is 1.00. The first-order valence-corrected chi connectivity index (χ1v) is 10.7. The van der Waals surface area contributed by atoms with Crippen molar-refractivity contribution in [3.8, 4) is 0 Å². The van der Waals surface area contributed by atoms with Gasteiger partial charge in [0.15, 0.2) is 0 Å². The van der Waals surface area contributed by atoms with Crippen LogP contribution in [0.2, 0.25) is 11.8 Å². The summed E-state index contributed by atoms with van der Waals surface area (Å²) < 4.78 is 0. The first-order valence-electron chi connectivity index (χ1n) is 3.32. The molecule has 0 aromatic heterocycles. The van der Waals surface area contributed by atoms with Crippen molar-refractivity contribution in [2.24, 2.45) is 0 Å². The normalized spacial score (nSPS) is 8.55. The van der Waals surface area contributed by atoms with Gasteiger partial charge in [0.25, 0.3) is 0 Å². The van der Waals surface area contributed by atoms with Gasteiger partial charge in [-0.05, 0) is 40.0 Å². The van der Waals surface area contributed by atoms with Gasteiger partial charge in [0.1, 0.15) is 0 Å². The Morgan fingerprint density at radius 2 is 0.636 bits per heavy atom. The quantitative estimate of drug-likeness (QED) is 0.445. The van der Waals surface area contributed by atoms with E-state index in [9.17, 15) is 0 Å². The second kappa shape index (κ2) is 17.4. The van der Waals surface area contributed by atoms with Crippen LogP contribution in [0.25, 0.3) is 0 Å². The fourth-order valence-electron chi connectivity index (χ4n) is 0. The molecular formula is C8H24NiP2. The average molecular weight is 241 g/mol. The van der Waals surface area contributed by atoms with Gasteiger partial charge in [-0.15, -0.1) is 15.8 Å². The molecule has 0 fully saturated rings. The Labute approximate surface area is 82.2 Å². The molecule has 0 bridgehead atoms. The van der Waals surface area contributed by atoms with E-state index in [2.05, 4.69) is 51.8 Å². The molecule has 0 unspecified atom stereocenters. The molecule has 3 heteroatoms. The average Bonchev–Trinajstić information content (AvgIpc) is 1.60. The summed E-state index contributed by atoms with van der Waals surface area (Å²) in [7, 11) is 0.759. The topological polar surface area (TPSA) is 0 Å². The molecule has 0 aliphatic rings. The summed E-state index contributed by atoms with van der Waals surface area (Å²) in [5, 5.41) is 0. The molecule has 11 heavy (non-hydrogen) atoms. The Kier molecular flexibility index (Phi) is 28.9. The molecule has 0 amide bonds. The second-order valence-corrected chi connectivity index (χ2v) is 9.35. The Morgan fingerprint density at radius 3 is 0.636 bits per heavy atom. The molecule has 0 saturated heterocycles. The van der Waals surface area contributed by atoms with Crippen LogP contribution in [0.1, 0.15) is 0 Å². The van der Waals surface area contributed by atoms with Gasteiger partial charge in [0.05, 0.1) is 0 Å². The van der Waals surface area contributed by atoms with E-state index in [1.807, 2.05) is 0 Å². The zero-order chi connectivity index (χ0) is 9.86. The van der Waals surface area contributed by atoms with Gasteiger partial charge in [0.2, 0.25) is 0 Å². The van der Waals surface area contributed by atoms with E-state index in [1.54, 1.807) is 14.4 Å². The van der Waals surface area contributed by atoms with Crippen molar-refractivity contribution < 1.29 is 14.4 Å². The Bertz CT molecular complexity index is 35.8. The van der Waals surface area contributed by atoms with Crippen LogP contribution in [0.4, 0.5) is 0 Å². The first kappa shape index (κ1) is 18.2. The Hall–Kier alpha value is 1.35. The van der Waals surface area contributed by atoms with E-state index in [0.29, 0.717) is 15.8 Å². The Morgan fingerprint density at radius 1 is 0.636 bits per heavy atom. The van der Waals surface area contributed by atoms with Crippen LogP contribution in [-0.2, 0) is 14.4 Å². The number of rotatable bonds is 0. The van der Waals surface area contributed by atoms with E-state index in [0.717, 1.165) is 0 Å². The summed E-state index contributed by atoms with van der Waals surface area (Å²) in [6.07, 6.45) is 0. The van der Waals surface area contributed by atoms with Crippen molar-refractivity contribution in [3.05, 3.63) is 0 Å². The van der Waals surface area contributed by atoms with Crippen molar-refractivity contribution >= 4 is 15.8 Å². The van der Waals surface area contributed by atoms with Gasteiger partial charge in [0, 0.05) is 0 Å². The van der Waals surface area contributed by atoms with E-state index in [4.69, 9.17) is 0 Å². The van der Waals surface area contributed by atoms with Crippen LogP contribution < -0.4 is 0 Å². The zero-order valence-corrected chi connectivity index (χ0v) is 12.0. The number of hydrogen-bond acceptors (Lipinski definition) is 0. The first-order chi connectivity index (χ1) is 4.88. The van der Waals surface area contributed by atoms with Crippen LogP contribution in [0, 0.1) is 0 Å². The monoisotopic (exact) mass is 240 g/mol. The van der Waals surface area contributed by atoms with E-state index >= 15 is 0 Å². The summed E-state index contributed by atoms with van der Waals surface area (Å²) in [5.41, 5.74) is 0.